The van der Waals surface area contributed by atoms with Crippen molar-refractivity contribution in [2.24, 2.45) is 5.10 Å². The summed E-state index contributed by atoms with van der Waals surface area (Å²) in [6.07, 6.45) is 0.408. The van der Waals surface area contributed by atoms with Gasteiger partial charge in [-0.3, -0.25) is 9.59 Å². The van der Waals surface area contributed by atoms with Crippen LogP contribution in [-0.2, 0) is 11.2 Å². The molecular weight excluding hydrogens is 262 g/mol. The number of amides is 2. The first-order valence-electron chi connectivity index (χ1n) is 6.02. The molecule has 0 bridgehead atoms. The van der Waals surface area contributed by atoms with E-state index in [2.05, 4.69) is 15.8 Å². The van der Waals surface area contributed by atoms with Gasteiger partial charge in [-0.2, -0.15) is 5.10 Å². The molecule has 2 aliphatic heterocycles. The van der Waals surface area contributed by atoms with Crippen LogP contribution < -0.4 is 10.7 Å². The first-order chi connectivity index (χ1) is 9.04. The Hall–Kier alpha value is -1.82. The average Bonchev–Trinajstić information content (AvgIpc) is 2.70. The number of carbonyl (C=O) groups excluding carboxylic acids is 2. The number of nitrogens with zero attached hydrogens (tertiary/aromatic N) is 1. The number of fused-ring (bicyclic) bond motifs is 1. The number of thioether (sulfide) groups is 1. The highest BCUT2D eigenvalue weighted by Crippen LogP contribution is 2.30. The lowest BCUT2D eigenvalue weighted by atomic mass is 9.99. The Bertz CT molecular complexity index is 625. The molecule has 19 heavy (non-hydrogen) atoms. The molecule has 0 aromatic heterocycles. The van der Waals surface area contributed by atoms with Gasteiger partial charge in [0, 0.05) is 5.69 Å². The maximum atomic E-state index is 11.4. The number of hydrazone groups is 1. The molecule has 5 nitrogen and oxygen atoms in total. The Morgan fingerprint density at radius 3 is 2.89 bits per heavy atom. The van der Waals surface area contributed by atoms with Crippen LogP contribution in [0.1, 0.15) is 23.6 Å². The summed E-state index contributed by atoms with van der Waals surface area (Å²) in [6, 6.07) is 3.98. The lowest BCUT2D eigenvalue weighted by molar-refractivity contribution is -0.115. The van der Waals surface area contributed by atoms with E-state index in [1.807, 2.05) is 26.0 Å². The minimum atomic E-state index is -0.133. The molecule has 0 aliphatic carbocycles. The molecule has 0 saturated carbocycles. The molecule has 1 atom stereocenters. The predicted octanol–water partition coefficient (Wildman–Crippen LogP) is 2.04. The zero-order valence-electron chi connectivity index (χ0n) is 10.6. The van der Waals surface area contributed by atoms with E-state index < -0.39 is 0 Å². The van der Waals surface area contributed by atoms with E-state index in [1.165, 1.54) is 11.8 Å². The summed E-state index contributed by atoms with van der Waals surface area (Å²) in [6.45, 7) is 3.92. The second-order valence-corrected chi connectivity index (χ2v) is 6.02. The normalized spacial score (nSPS) is 21.6. The van der Waals surface area contributed by atoms with Gasteiger partial charge in [0.1, 0.15) is 0 Å². The van der Waals surface area contributed by atoms with E-state index in [9.17, 15) is 9.59 Å². The van der Waals surface area contributed by atoms with Crippen LogP contribution in [0.3, 0.4) is 0 Å². The Kier molecular flexibility index (Phi) is 2.82. The smallest absolute Gasteiger partial charge is 0.299 e. The molecule has 0 fully saturated rings. The van der Waals surface area contributed by atoms with Gasteiger partial charge in [-0.1, -0.05) is 11.8 Å². The predicted molar refractivity (Wildman–Crippen MR) is 75.6 cm³/mol. The molecule has 2 N–H and O–H groups in total. The van der Waals surface area contributed by atoms with Crippen LogP contribution >= 0.6 is 11.8 Å². The second-order valence-electron chi connectivity index (χ2n) is 4.71. The van der Waals surface area contributed by atoms with Crippen LogP contribution in [0.4, 0.5) is 10.5 Å². The third-order valence-corrected chi connectivity index (χ3v) is 4.15. The number of aryl methyl sites for hydroxylation is 1. The monoisotopic (exact) mass is 275 g/mol. The van der Waals surface area contributed by atoms with Crippen molar-refractivity contribution < 1.29 is 9.59 Å². The standard InChI is InChI=1S/C13H13N3O2S/c1-6-3-8(4-9-5-10(17)14-11(6)9)12-7(2)19-13(18)16-15-12/h3-4,7H,5H2,1-2H3,(H,14,17)(H,16,18). The zero-order chi connectivity index (χ0) is 13.6. The molecule has 6 heteroatoms. The number of hydrogen-bond donors (Lipinski definition) is 2. The van der Waals surface area contributed by atoms with Crippen LogP contribution in [0.15, 0.2) is 17.2 Å². The van der Waals surface area contributed by atoms with E-state index >= 15 is 0 Å². The fourth-order valence-corrected chi connectivity index (χ4v) is 3.14. The molecule has 1 aromatic carbocycles. The third-order valence-electron chi connectivity index (χ3n) is 3.26. The molecule has 98 valence electrons. The van der Waals surface area contributed by atoms with Gasteiger partial charge in [0.2, 0.25) is 5.91 Å². The van der Waals surface area contributed by atoms with Gasteiger partial charge < -0.3 is 5.32 Å². The average molecular weight is 275 g/mol. The van der Waals surface area contributed by atoms with E-state index in [0.717, 1.165) is 28.1 Å². The molecule has 3 rings (SSSR count). The second kappa shape index (κ2) is 4.38. The molecule has 0 spiro atoms. The fourth-order valence-electron chi connectivity index (χ4n) is 2.42. The highest BCUT2D eigenvalue weighted by Gasteiger charge is 2.26. The van der Waals surface area contributed by atoms with Crippen molar-refractivity contribution in [2.75, 3.05) is 5.32 Å². The Morgan fingerprint density at radius 2 is 2.16 bits per heavy atom. The first kappa shape index (κ1) is 12.2. The van der Waals surface area contributed by atoms with Crippen molar-refractivity contribution in [3.8, 4) is 0 Å². The van der Waals surface area contributed by atoms with Crippen molar-refractivity contribution >= 4 is 34.3 Å². The number of anilines is 1. The van der Waals surface area contributed by atoms with E-state index in [1.54, 1.807) is 0 Å². The highest BCUT2D eigenvalue weighted by atomic mass is 32.2. The lowest BCUT2D eigenvalue weighted by Crippen LogP contribution is -2.29. The number of carbonyl (C=O) groups is 2. The topological polar surface area (TPSA) is 70.6 Å². The summed E-state index contributed by atoms with van der Waals surface area (Å²) in [5.41, 5.74) is 7.23. The Labute approximate surface area is 114 Å². The molecule has 2 heterocycles. The maximum absolute atomic E-state index is 11.4. The van der Waals surface area contributed by atoms with Crippen LogP contribution in [0.5, 0.6) is 0 Å². The highest BCUT2D eigenvalue weighted by molar-refractivity contribution is 8.14. The summed E-state index contributed by atoms with van der Waals surface area (Å²) < 4.78 is 0. The molecule has 1 unspecified atom stereocenters. The summed E-state index contributed by atoms with van der Waals surface area (Å²) in [5.74, 6) is 0.0246. The first-order valence-corrected chi connectivity index (χ1v) is 6.90. The van der Waals surface area contributed by atoms with Gasteiger partial charge in [-0.15, -0.1) is 0 Å². The summed E-state index contributed by atoms with van der Waals surface area (Å²) in [4.78, 5) is 22.7. The quantitative estimate of drug-likeness (QED) is 0.824. The van der Waals surface area contributed by atoms with E-state index in [-0.39, 0.29) is 16.4 Å². The van der Waals surface area contributed by atoms with Crippen molar-refractivity contribution in [3.63, 3.8) is 0 Å². The van der Waals surface area contributed by atoms with Crippen LogP contribution in [0.2, 0.25) is 0 Å². The van der Waals surface area contributed by atoms with Crippen molar-refractivity contribution in [3.05, 3.63) is 28.8 Å². The fraction of sp³-hybridized carbons (Fsp3) is 0.308. The summed E-state index contributed by atoms with van der Waals surface area (Å²) >= 11 is 1.22. The summed E-state index contributed by atoms with van der Waals surface area (Å²) in [7, 11) is 0. The molecule has 2 amide bonds. The largest absolute Gasteiger partial charge is 0.325 e. The number of hydrogen-bond acceptors (Lipinski definition) is 4. The molecule has 0 saturated heterocycles. The molecule has 0 radical (unpaired) electrons. The molecular formula is C13H13N3O2S. The minimum absolute atomic E-state index is 0.0104. The van der Waals surface area contributed by atoms with E-state index in [4.69, 9.17) is 0 Å². The van der Waals surface area contributed by atoms with E-state index in [0.29, 0.717) is 6.42 Å². The Morgan fingerprint density at radius 1 is 1.37 bits per heavy atom. The van der Waals surface area contributed by atoms with Gasteiger partial charge >= 0.3 is 0 Å². The minimum Gasteiger partial charge on any atom is -0.325 e. The van der Waals surface area contributed by atoms with Gasteiger partial charge in [0.25, 0.3) is 5.24 Å². The maximum Gasteiger partial charge on any atom is 0.299 e. The van der Waals surface area contributed by atoms with Crippen LogP contribution in [-0.4, -0.2) is 22.1 Å². The number of nitrogens with one attached hydrogen (secondary N) is 2. The zero-order valence-corrected chi connectivity index (χ0v) is 11.4. The van der Waals surface area contributed by atoms with Gasteiger partial charge in [0.15, 0.2) is 0 Å². The van der Waals surface area contributed by atoms with Gasteiger partial charge in [-0.05, 0) is 42.7 Å². The summed E-state index contributed by atoms with van der Waals surface area (Å²) in [5, 5.41) is 6.88. The van der Waals surface area contributed by atoms with Crippen LogP contribution in [0, 0.1) is 6.92 Å². The van der Waals surface area contributed by atoms with Crippen LogP contribution in [0.25, 0.3) is 0 Å². The van der Waals surface area contributed by atoms with Crippen molar-refractivity contribution in [1.29, 1.82) is 0 Å². The SMILES string of the molecule is Cc1cc(C2=NNC(=O)SC2C)cc2c1NC(=O)C2. The third kappa shape index (κ3) is 2.12. The lowest BCUT2D eigenvalue weighted by Gasteiger charge is -2.19. The van der Waals surface area contributed by atoms with Crippen molar-refractivity contribution in [2.45, 2.75) is 25.5 Å². The molecule has 2 aliphatic rings. The number of benzene rings is 1. The van der Waals surface area contributed by atoms with Crippen molar-refractivity contribution in [1.82, 2.24) is 5.43 Å². The van der Waals surface area contributed by atoms with Gasteiger partial charge in [-0.25, -0.2) is 5.43 Å². The van der Waals surface area contributed by atoms with Gasteiger partial charge in [0.05, 0.1) is 17.4 Å². The molecule has 1 aromatic rings. The number of rotatable bonds is 1. The Balaban J connectivity index is 2.03.